The summed E-state index contributed by atoms with van der Waals surface area (Å²) in [5.41, 5.74) is 9.45. The molecule has 0 spiro atoms. The average molecular weight is 530 g/mol. The standard InChI is InChI=1S/C21H35N7O9/c1-11(29)17-20(34)23-4-5-36-6-7-37-10-16(31)24-13(8-12-2-3-12)18(32)27-28-19(33)14(9-15(22)30)25-21(35)26-17/h11-14,17,29H,2-10H2,1H3,(H2,22,30)(H,23,34)(H,24,31)(H,27,32)(H,28,33)(H2,25,26,35)/t11?,13-,14+,17+/m1/s1. The fraction of sp³-hybridized carbons (Fsp3) is 0.714. The van der Waals surface area contributed by atoms with Crippen LogP contribution < -0.4 is 37.9 Å². The summed E-state index contributed by atoms with van der Waals surface area (Å²) in [6, 6.07) is -4.92. The van der Waals surface area contributed by atoms with Crippen molar-refractivity contribution in [2.24, 2.45) is 11.7 Å². The molecule has 2 fully saturated rings. The van der Waals surface area contributed by atoms with E-state index >= 15 is 0 Å². The van der Waals surface area contributed by atoms with Crippen LogP contribution >= 0.6 is 0 Å². The zero-order valence-corrected chi connectivity index (χ0v) is 20.5. The molecule has 1 unspecified atom stereocenters. The fourth-order valence-corrected chi connectivity index (χ4v) is 3.35. The molecule has 0 aromatic heterocycles. The van der Waals surface area contributed by atoms with Crippen LogP contribution in [0, 0.1) is 5.92 Å². The van der Waals surface area contributed by atoms with Gasteiger partial charge < -0.3 is 41.6 Å². The van der Waals surface area contributed by atoms with E-state index in [-0.39, 0.29) is 38.9 Å². The molecule has 208 valence electrons. The van der Waals surface area contributed by atoms with Gasteiger partial charge in [-0.25, -0.2) is 4.79 Å². The van der Waals surface area contributed by atoms with E-state index in [1.54, 1.807) is 0 Å². The van der Waals surface area contributed by atoms with E-state index in [4.69, 9.17) is 15.2 Å². The van der Waals surface area contributed by atoms with Gasteiger partial charge in [-0.05, 0) is 19.3 Å². The van der Waals surface area contributed by atoms with Crippen LogP contribution in [0.2, 0.25) is 0 Å². The molecule has 0 aromatic carbocycles. The first-order valence-electron chi connectivity index (χ1n) is 11.9. The minimum atomic E-state index is -1.53. The number of rotatable bonds is 5. The Bertz CT molecular complexity index is 850. The van der Waals surface area contributed by atoms with Gasteiger partial charge in [0.1, 0.15) is 24.7 Å². The molecule has 1 heterocycles. The largest absolute Gasteiger partial charge is 0.391 e. The first-order chi connectivity index (χ1) is 17.6. The maximum atomic E-state index is 12.7. The topological polar surface area (TPSA) is 239 Å². The van der Waals surface area contributed by atoms with Gasteiger partial charge in [0.05, 0.1) is 32.3 Å². The summed E-state index contributed by atoms with van der Waals surface area (Å²) in [6.07, 6.45) is 0.230. The molecular weight excluding hydrogens is 494 g/mol. The van der Waals surface area contributed by atoms with Crippen molar-refractivity contribution in [3.63, 3.8) is 0 Å². The molecule has 37 heavy (non-hydrogen) atoms. The highest BCUT2D eigenvalue weighted by molar-refractivity contribution is 5.94. The number of nitrogens with two attached hydrogens (primary N) is 1. The van der Waals surface area contributed by atoms with Crippen molar-refractivity contribution in [2.45, 2.75) is 56.8 Å². The maximum absolute atomic E-state index is 12.7. The molecule has 0 bridgehead atoms. The van der Waals surface area contributed by atoms with E-state index in [0.29, 0.717) is 6.42 Å². The Labute approximate surface area is 213 Å². The quantitative estimate of drug-likeness (QED) is 0.172. The highest BCUT2D eigenvalue weighted by atomic mass is 16.5. The number of hydrogen-bond acceptors (Lipinski definition) is 9. The predicted octanol–water partition coefficient (Wildman–Crippen LogP) is -4.13. The number of nitrogens with one attached hydrogen (secondary N) is 6. The van der Waals surface area contributed by atoms with E-state index in [9.17, 15) is 33.9 Å². The molecule has 7 amide bonds. The van der Waals surface area contributed by atoms with Crippen LogP contribution in [0.4, 0.5) is 4.79 Å². The van der Waals surface area contributed by atoms with Crippen LogP contribution in [0.5, 0.6) is 0 Å². The van der Waals surface area contributed by atoms with Gasteiger partial charge in [-0.15, -0.1) is 0 Å². The van der Waals surface area contributed by atoms with Crippen LogP contribution in [0.3, 0.4) is 0 Å². The van der Waals surface area contributed by atoms with Crippen molar-refractivity contribution < 1.29 is 43.3 Å². The van der Waals surface area contributed by atoms with E-state index in [1.807, 2.05) is 0 Å². The van der Waals surface area contributed by atoms with Gasteiger partial charge in [0.15, 0.2) is 0 Å². The zero-order chi connectivity index (χ0) is 27.4. The lowest BCUT2D eigenvalue weighted by Gasteiger charge is -2.23. The number of aliphatic hydroxyl groups is 1. The third kappa shape index (κ3) is 11.4. The Balaban J connectivity index is 2.13. The third-order valence-electron chi connectivity index (χ3n) is 5.46. The SMILES string of the molecule is CC(O)[C@@H]1NC(=O)N[C@@H](CC(N)=O)C(=O)NNC(=O)[C@@H](CC2CC2)NC(=O)COCCOCCNC1=O. The molecule has 2 aliphatic rings. The summed E-state index contributed by atoms with van der Waals surface area (Å²) in [6.45, 7) is 1.30. The van der Waals surface area contributed by atoms with E-state index in [0.717, 1.165) is 12.8 Å². The molecule has 9 N–H and O–H groups in total. The minimum absolute atomic E-state index is 0.0508. The second-order valence-electron chi connectivity index (χ2n) is 8.79. The first-order valence-corrected chi connectivity index (χ1v) is 11.9. The second kappa shape index (κ2) is 14.9. The van der Waals surface area contributed by atoms with Gasteiger partial charge in [-0.2, -0.15) is 0 Å². The third-order valence-corrected chi connectivity index (χ3v) is 5.46. The van der Waals surface area contributed by atoms with E-state index < -0.39 is 66.2 Å². The van der Waals surface area contributed by atoms with Crippen molar-refractivity contribution in [2.75, 3.05) is 33.0 Å². The molecule has 16 nitrogen and oxygen atoms in total. The number of carbonyl (C=O) groups excluding carboxylic acids is 6. The van der Waals surface area contributed by atoms with Gasteiger partial charge in [-0.3, -0.25) is 34.8 Å². The molecule has 4 atom stereocenters. The molecule has 1 saturated heterocycles. The molecule has 0 radical (unpaired) electrons. The smallest absolute Gasteiger partial charge is 0.316 e. The summed E-state index contributed by atoms with van der Waals surface area (Å²) in [4.78, 5) is 73.8. The van der Waals surface area contributed by atoms with E-state index in [2.05, 4.69) is 32.1 Å². The van der Waals surface area contributed by atoms with Gasteiger partial charge in [0.25, 0.3) is 11.8 Å². The summed E-state index contributed by atoms with van der Waals surface area (Å²) >= 11 is 0. The zero-order valence-electron chi connectivity index (χ0n) is 20.5. The lowest BCUT2D eigenvalue weighted by Crippen LogP contribution is -2.60. The maximum Gasteiger partial charge on any atom is 0.316 e. The van der Waals surface area contributed by atoms with Crippen molar-refractivity contribution in [3.05, 3.63) is 0 Å². The number of hydrogen-bond donors (Lipinski definition) is 8. The lowest BCUT2D eigenvalue weighted by atomic mass is 10.1. The molecule has 1 aliphatic carbocycles. The number of hydrazine groups is 1. The van der Waals surface area contributed by atoms with Gasteiger partial charge in [0.2, 0.25) is 17.7 Å². The number of amides is 7. The van der Waals surface area contributed by atoms with Crippen LogP contribution in [0.1, 0.15) is 32.6 Å². The monoisotopic (exact) mass is 529 g/mol. The Hall–Kier alpha value is -3.50. The normalized spacial score (nSPS) is 26.6. The first kappa shape index (κ1) is 29.7. The number of urea groups is 1. The summed E-state index contributed by atoms with van der Waals surface area (Å²) < 4.78 is 10.5. The number of ether oxygens (including phenoxy) is 2. The average Bonchev–Trinajstić information content (AvgIpc) is 3.64. The van der Waals surface area contributed by atoms with Crippen molar-refractivity contribution in [3.8, 4) is 0 Å². The van der Waals surface area contributed by atoms with Crippen molar-refractivity contribution in [1.29, 1.82) is 0 Å². The lowest BCUT2D eigenvalue weighted by molar-refractivity contribution is -0.134. The van der Waals surface area contributed by atoms with Crippen LogP contribution in [0.15, 0.2) is 0 Å². The molecule has 0 aromatic rings. The number of primary amides is 1. The Morgan fingerprint density at radius 3 is 2.22 bits per heavy atom. The highest BCUT2D eigenvalue weighted by Gasteiger charge is 2.32. The molecular formula is C21H35N7O9. The minimum Gasteiger partial charge on any atom is -0.391 e. The molecule has 16 heteroatoms. The Morgan fingerprint density at radius 1 is 0.946 bits per heavy atom. The number of carbonyl (C=O) groups is 6. The molecule has 1 aliphatic heterocycles. The second-order valence-corrected chi connectivity index (χ2v) is 8.79. The molecule has 1 saturated carbocycles. The summed E-state index contributed by atoms with van der Waals surface area (Å²) in [5.74, 6) is -3.64. The van der Waals surface area contributed by atoms with Crippen LogP contribution in [-0.2, 0) is 33.4 Å². The van der Waals surface area contributed by atoms with Crippen molar-refractivity contribution >= 4 is 35.6 Å². The predicted molar refractivity (Wildman–Crippen MR) is 125 cm³/mol. The van der Waals surface area contributed by atoms with Gasteiger partial charge >= 0.3 is 6.03 Å². The van der Waals surface area contributed by atoms with Gasteiger partial charge in [-0.1, -0.05) is 12.8 Å². The number of aliphatic hydroxyl groups excluding tert-OH is 1. The summed E-state index contributed by atoms with van der Waals surface area (Å²) in [7, 11) is 0. The Kier molecular flexibility index (Phi) is 12.0. The Morgan fingerprint density at radius 2 is 1.59 bits per heavy atom. The van der Waals surface area contributed by atoms with Crippen molar-refractivity contribution in [1.82, 2.24) is 32.1 Å². The highest BCUT2D eigenvalue weighted by Crippen LogP contribution is 2.33. The fourth-order valence-electron chi connectivity index (χ4n) is 3.35. The molecule has 2 rings (SSSR count). The summed E-state index contributed by atoms with van der Waals surface area (Å²) in [5, 5.41) is 19.4. The van der Waals surface area contributed by atoms with Gasteiger partial charge in [0, 0.05) is 6.54 Å². The van der Waals surface area contributed by atoms with Crippen LogP contribution in [-0.4, -0.2) is 97.9 Å². The van der Waals surface area contributed by atoms with E-state index in [1.165, 1.54) is 6.92 Å². The van der Waals surface area contributed by atoms with Crippen LogP contribution in [0.25, 0.3) is 0 Å².